The molecule has 27 heavy (non-hydrogen) atoms. The summed E-state index contributed by atoms with van der Waals surface area (Å²) in [5.41, 5.74) is 0.912. The Hall–Kier alpha value is -1.76. The lowest BCUT2D eigenvalue weighted by Crippen LogP contribution is -2.36. The highest BCUT2D eigenvalue weighted by Crippen LogP contribution is 2.35. The van der Waals surface area contributed by atoms with Crippen LogP contribution in [-0.4, -0.2) is 32.6 Å². The van der Waals surface area contributed by atoms with Crippen molar-refractivity contribution in [2.45, 2.75) is 58.2 Å². The van der Waals surface area contributed by atoms with Gasteiger partial charge in [0.2, 0.25) is 0 Å². The van der Waals surface area contributed by atoms with E-state index in [0.29, 0.717) is 22.9 Å². The molecule has 0 amide bonds. The summed E-state index contributed by atoms with van der Waals surface area (Å²) in [6.45, 7) is 8.57. The Morgan fingerprint density at radius 3 is 2.85 bits per heavy atom. The molecule has 2 aromatic rings. The second kappa shape index (κ2) is 8.50. The van der Waals surface area contributed by atoms with Crippen LogP contribution in [0.15, 0.2) is 21.9 Å². The minimum absolute atomic E-state index is 0.0329. The normalized spacial score (nSPS) is 23.0. The molecule has 0 bridgehead atoms. The summed E-state index contributed by atoms with van der Waals surface area (Å²) in [5, 5.41) is 9.15. The van der Waals surface area contributed by atoms with Gasteiger partial charge in [-0.1, -0.05) is 39.0 Å². The zero-order valence-corrected chi connectivity index (χ0v) is 17.6. The van der Waals surface area contributed by atoms with Crippen LogP contribution in [0.25, 0.3) is 11.4 Å². The summed E-state index contributed by atoms with van der Waals surface area (Å²) >= 11 is 1.36. The molecule has 7 heteroatoms. The zero-order chi connectivity index (χ0) is 19.6. The van der Waals surface area contributed by atoms with E-state index in [0.717, 1.165) is 30.0 Å². The molecular weight excluding hydrogens is 362 g/mol. The quantitative estimate of drug-likeness (QED) is 0.534. The predicted octanol–water partition coefficient (Wildman–Crippen LogP) is 4.48. The lowest BCUT2D eigenvalue weighted by atomic mass is 9.75. The molecule has 0 aromatic carbocycles. The first-order valence-corrected chi connectivity index (χ1v) is 10.6. The van der Waals surface area contributed by atoms with Gasteiger partial charge in [0, 0.05) is 7.05 Å². The van der Waals surface area contributed by atoms with Crippen LogP contribution in [0.2, 0.25) is 0 Å². The third-order valence-corrected chi connectivity index (χ3v) is 6.49. The maximum absolute atomic E-state index is 12.4. The van der Waals surface area contributed by atoms with E-state index in [1.807, 2.05) is 24.6 Å². The van der Waals surface area contributed by atoms with E-state index in [2.05, 4.69) is 31.0 Å². The van der Waals surface area contributed by atoms with Gasteiger partial charge in [-0.15, -0.1) is 10.2 Å². The molecule has 0 N–H and O–H groups in total. The first-order valence-electron chi connectivity index (χ1n) is 9.63. The number of furan rings is 1. The molecular formula is C20H29N3O3S. The molecule has 1 aliphatic rings. The number of esters is 1. The topological polar surface area (TPSA) is 70.2 Å². The molecule has 1 fully saturated rings. The van der Waals surface area contributed by atoms with Gasteiger partial charge < -0.3 is 13.7 Å². The number of thioether (sulfide) groups is 1. The number of aromatic nitrogens is 3. The summed E-state index contributed by atoms with van der Waals surface area (Å²) < 4.78 is 13.1. The van der Waals surface area contributed by atoms with Gasteiger partial charge in [-0.3, -0.25) is 4.79 Å². The van der Waals surface area contributed by atoms with Gasteiger partial charge in [-0.25, -0.2) is 0 Å². The molecule has 1 aliphatic carbocycles. The lowest BCUT2D eigenvalue weighted by molar-refractivity contribution is -0.152. The van der Waals surface area contributed by atoms with E-state index in [9.17, 15) is 4.79 Å². The highest BCUT2D eigenvalue weighted by molar-refractivity contribution is 7.99. The SMILES string of the molecule is Cc1occc1-c1nnc(SCC(=O)O[C@@H]2C[C@H](C)CC[C@@H]2C(C)C)n1C. The van der Waals surface area contributed by atoms with Crippen LogP contribution in [-0.2, 0) is 16.6 Å². The monoisotopic (exact) mass is 391 g/mol. The molecule has 0 saturated heterocycles. The van der Waals surface area contributed by atoms with Crippen molar-refractivity contribution in [1.29, 1.82) is 0 Å². The smallest absolute Gasteiger partial charge is 0.316 e. The zero-order valence-electron chi connectivity index (χ0n) is 16.8. The summed E-state index contributed by atoms with van der Waals surface area (Å²) in [6.07, 6.45) is 5.00. The summed E-state index contributed by atoms with van der Waals surface area (Å²) in [6, 6.07) is 1.87. The predicted molar refractivity (Wildman–Crippen MR) is 105 cm³/mol. The van der Waals surface area contributed by atoms with Crippen molar-refractivity contribution in [3.8, 4) is 11.4 Å². The third kappa shape index (κ3) is 4.57. The number of carbonyl (C=O) groups excluding carboxylic acids is 1. The van der Waals surface area contributed by atoms with E-state index >= 15 is 0 Å². The van der Waals surface area contributed by atoms with Crippen molar-refractivity contribution in [2.75, 3.05) is 5.75 Å². The average Bonchev–Trinajstić information content (AvgIpc) is 3.18. The van der Waals surface area contributed by atoms with Crippen molar-refractivity contribution in [3.63, 3.8) is 0 Å². The lowest BCUT2D eigenvalue weighted by Gasteiger charge is -2.36. The van der Waals surface area contributed by atoms with Crippen molar-refractivity contribution in [1.82, 2.24) is 14.8 Å². The van der Waals surface area contributed by atoms with Crippen LogP contribution >= 0.6 is 11.8 Å². The van der Waals surface area contributed by atoms with Crippen LogP contribution in [0.5, 0.6) is 0 Å². The number of aryl methyl sites for hydroxylation is 1. The van der Waals surface area contributed by atoms with Gasteiger partial charge >= 0.3 is 5.97 Å². The van der Waals surface area contributed by atoms with E-state index in [-0.39, 0.29) is 17.8 Å². The fraction of sp³-hybridized carbons (Fsp3) is 0.650. The molecule has 3 atom stereocenters. The number of carbonyl (C=O) groups is 1. The van der Waals surface area contributed by atoms with Crippen LogP contribution in [0.1, 0.15) is 45.8 Å². The second-order valence-corrected chi connectivity index (χ2v) is 8.84. The minimum atomic E-state index is -0.172. The fourth-order valence-electron chi connectivity index (χ4n) is 3.87. The van der Waals surface area contributed by atoms with E-state index in [1.165, 1.54) is 18.2 Å². The van der Waals surface area contributed by atoms with Gasteiger partial charge in [0.15, 0.2) is 11.0 Å². The van der Waals surface area contributed by atoms with Crippen molar-refractivity contribution < 1.29 is 13.9 Å². The van der Waals surface area contributed by atoms with E-state index < -0.39 is 0 Å². The van der Waals surface area contributed by atoms with Gasteiger partial charge in [0.1, 0.15) is 11.9 Å². The summed E-state index contributed by atoms with van der Waals surface area (Å²) in [7, 11) is 1.90. The minimum Gasteiger partial charge on any atom is -0.469 e. The Kier molecular flexibility index (Phi) is 6.29. The van der Waals surface area contributed by atoms with E-state index in [1.54, 1.807) is 6.26 Å². The Balaban J connectivity index is 1.59. The Morgan fingerprint density at radius 2 is 2.19 bits per heavy atom. The largest absolute Gasteiger partial charge is 0.469 e. The summed E-state index contributed by atoms with van der Waals surface area (Å²) in [5.74, 6) is 3.21. The number of ether oxygens (including phenoxy) is 1. The van der Waals surface area contributed by atoms with Crippen molar-refractivity contribution >= 4 is 17.7 Å². The molecule has 3 rings (SSSR count). The number of nitrogens with zero attached hydrogens (tertiary/aromatic N) is 3. The maximum Gasteiger partial charge on any atom is 0.316 e. The average molecular weight is 392 g/mol. The Bertz CT molecular complexity index is 783. The molecule has 0 radical (unpaired) electrons. The number of hydrogen-bond donors (Lipinski definition) is 0. The summed E-state index contributed by atoms with van der Waals surface area (Å²) in [4.78, 5) is 12.4. The standard InChI is InChI=1S/C20H29N3O3S/c1-12(2)15-7-6-13(3)10-17(15)26-18(24)11-27-20-22-21-19(23(20)5)16-8-9-25-14(16)4/h8-9,12-13,15,17H,6-7,10-11H2,1-5H3/t13-,15-,17-/m1/s1. The van der Waals surface area contributed by atoms with Gasteiger partial charge in [0.05, 0.1) is 17.6 Å². The molecule has 2 heterocycles. The Morgan fingerprint density at radius 1 is 1.41 bits per heavy atom. The van der Waals surface area contributed by atoms with Crippen molar-refractivity contribution in [2.24, 2.45) is 24.8 Å². The highest BCUT2D eigenvalue weighted by Gasteiger charge is 2.33. The molecule has 1 saturated carbocycles. The molecule has 6 nitrogen and oxygen atoms in total. The number of rotatable bonds is 6. The van der Waals surface area contributed by atoms with Crippen molar-refractivity contribution in [3.05, 3.63) is 18.1 Å². The second-order valence-electron chi connectivity index (χ2n) is 7.90. The molecule has 148 valence electrons. The van der Waals surface area contributed by atoms with Gasteiger partial charge in [-0.05, 0) is 43.6 Å². The van der Waals surface area contributed by atoms with Crippen LogP contribution in [0.4, 0.5) is 0 Å². The highest BCUT2D eigenvalue weighted by atomic mass is 32.2. The third-order valence-electron chi connectivity index (χ3n) is 5.50. The van der Waals surface area contributed by atoms with Crippen LogP contribution in [0.3, 0.4) is 0 Å². The van der Waals surface area contributed by atoms with Crippen LogP contribution < -0.4 is 0 Å². The van der Waals surface area contributed by atoms with Gasteiger partial charge in [0.25, 0.3) is 0 Å². The molecule has 0 aliphatic heterocycles. The molecule has 2 aromatic heterocycles. The Labute approximate surface area is 165 Å². The van der Waals surface area contributed by atoms with Gasteiger partial charge in [-0.2, -0.15) is 0 Å². The number of hydrogen-bond acceptors (Lipinski definition) is 6. The maximum atomic E-state index is 12.4. The first-order chi connectivity index (χ1) is 12.9. The fourth-order valence-corrected chi connectivity index (χ4v) is 4.56. The molecule has 0 unspecified atom stereocenters. The van der Waals surface area contributed by atoms with E-state index in [4.69, 9.17) is 9.15 Å². The van der Waals surface area contributed by atoms with Crippen LogP contribution in [0, 0.1) is 24.7 Å². The molecule has 0 spiro atoms. The first kappa shape index (κ1) is 20.0.